The molecule has 2 saturated heterocycles. The number of thiazole rings is 1. The van der Waals surface area contributed by atoms with Gasteiger partial charge in [-0.2, -0.15) is 0 Å². The first-order valence-electron chi connectivity index (χ1n) is 10.1. The van der Waals surface area contributed by atoms with Crippen molar-refractivity contribution in [1.82, 2.24) is 20.1 Å². The number of rotatable bonds is 4. The highest BCUT2D eigenvalue weighted by Crippen LogP contribution is 2.28. The molecule has 8 heteroatoms. The normalized spacial score (nSPS) is 17.9. The van der Waals surface area contributed by atoms with Crippen LogP contribution in [0.5, 0.6) is 0 Å². The molecule has 2 amide bonds. The molecule has 7 nitrogen and oxygen atoms in total. The van der Waals surface area contributed by atoms with Crippen molar-refractivity contribution < 1.29 is 14.3 Å². The maximum absolute atomic E-state index is 12.8. The summed E-state index contributed by atoms with van der Waals surface area (Å²) in [5.74, 6) is 0.415. The van der Waals surface area contributed by atoms with Gasteiger partial charge < -0.3 is 19.9 Å². The molecule has 1 N–H and O–H groups in total. The lowest BCUT2D eigenvalue weighted by atomic mass is 9.99. The topological polar surface area (TPSA) is 74.8 Å². The molecule has 4 rings (SSSR count). The van der Waals surface area contributed by atoms with Crippen molar-refractivity contribution >= 4 is 23.3 Å². The van der Waals surface area contributed by atoms with E-state index in [1.54, 1.807) is 21.1 Å². The smallest absolute Gasteiger partial charge is 0.410 e. The first kappa shape index (κ1) is 19.8. The summed E-state index contributed by atoms with van der Waals surface area (Å²) in [4.78, 5) is 33.1. The molecule has 0 atom stereocenters. The van der Waals surface area contributed by atoms with Crippen LogP contribution in [0.1, 0.15) is 39.8 Å². The number of aromatic nitrogens is 1. The molecule has 0 bridgehead atoms. The van der Waals surface area contributed by atoms with Crippen LogP contribution < -0.4 is 5.32 Å². The lowest BCUT2D eigenvalue weighted by Crippen LogP contribution is -2.50. The summed E-state index contributed by atoms with van der Waals surface area (Å²) < 4.78 is 5.39. The third-order valence-corrected chi connectivity index (χ3v) is 6.47. The fraction of sp³-hybridized carbons (Fsp3) is 0.476. The van der Waals surface area contributed by atoms with Crippen LogP contribution in [0.4, 0.5) is 4.79 Å². The minimum atomic E-state index is -0.331. The van der Waals surface area contributed by atoms with E-state index in [1.165, 1.54) is 0 Å². The predicted octanol–water partition coefficient (Wildman–Crippen LogP) is 2.70. The maximum atomic E-state index is 12.8. The molecule has 29 heavy (non-hydrogen) atoms. The zero-order chi connectivity index (χ0) is 20.1. The molecule has 154 valence electrons. The average molecular weight is 415 g/mol. The summed E-state index contributed by atoms with van der Waals surface area (Å²) in [5, 5.41) is 6.30. The molecule has 3 heterocycles. The highest BCUT2D eigenvalue weighted by atomic mass is 32.1. The van der Waals surface area contributed by atoms with Gasteiger partial charge in [-0.3, -0.25) is 4.79 Å². The molecule has 1 aromatic heterocycles. The third kappa shape index (κ3) is 4.94. The van der Waals surface area contributed by atoms with Crippen molar-refractivity contribution in [2.24, 2.45) is 0 Å². The van der Waals surface area contributed by atoms with E-state index in [4.69, 9.17) is 4.74 Å². The van der Waals surface area contributed by atoms with Gasteiger partial charge in [0.1, 0.15) is 12.3 Å². The summed E-state index contributed by atoms with van der Waals surface area (Å²) in [6.45, 7) is 4.23. The molecular formula is C21H26N4O3S. The van der Waals surface area contributed by atoms with E-state index in [-0.39, 0.29) is 18.6 Å². The van der Waals surface area contributed by atoms with Gasteiger partial charge in [-0.25, -0.2) is 9.78 Å². The zero-order valence-electron chi connectivity index (χ0n) is 16.4. The maximum Gasteiger partial charge on any atom is 0.410 e. The van der Waals surface area contributed by atoms with Gasteiger partial charge in [0.15, 0.2) is 0 Å². The fourth-order valence-corrected chi connectivity index (χ4v) is 4.67. The van der Waals surface area contributed by atoms with E-state index in [2.05, 4.69) is 10.3 Å². The van der Waals surface area contributed by atoms with Crippen molar-refractivity contribution in [3.8, 4) is 0 Å². The lowest BCUT2D eigenvalue weighted by molar-refractivity contribution is 0.0540. The number of nitrogens with one attached hydrogen (secondary N) is 1. The molecule has 2 fully saturated rings. The van der Waals surface area contributed by atoms with E-state index in [1.807, 2.05) is 35.7 Å². The average Bonchev–Trinajstić information content (AvgIpc) is 3.29. The molecule has 2 aliphatic rings. The van der Waals surface area contributed by atoms with E-state index < -0.39 is 0 Å². The van der Waals surface area contributed by atoms with Gasteiger partial charge in [-0.15, -0.1) is 11.3 Å². The Morgan fingerprint density at radius 3 is 2.48 bits per heavy atom. The van der Waals surface area contributed by atoms with E-state index in [0.29, 0.717) is 37.8 Å². The minimum Gasteiger partial charge on any atom is -0.445 e. The van der Waals surface area contributed by atoms with Crippen molar-refractivity contribution in [3.05, 3.63) is 52.0 Å². The van der Waals surface area contributed by atoms with Crippen LogP contribution >= 0.6 is 11.3 Å². The Hall–Kier alpha value is -2.45. The zero-order valence-corrected chi connectivity index (χ0v) is 17.2. The highest BCUT2D eigenvalue weighted by molar-refractivity contribution is 7.09. The van der Waals surface area contributed by atoms with Crippen LogP contribution in [-0.2, 0) is 11.3 Å². The Morgan fingerprint density at radius 1 is 1.07 bits per heavy atom. The third-order valence-electron chi connectivity index (χ3n) is 5.46. The molecule has 0 spiro atoms. The lowest BCUT2D eigenvalue weighted by Gasteiger charge is -2.33. The summed E-state index contributed by atoms with van der Waals surface area (Å²) in [6, 6.07) is 9.62. The summed E-state index contributed by atoms with van der Waals surface area (Å²) in [6.07, 6.45) is 1.82. The van der Waals surface area contributed by atoms with Crippen LogP contribution in [0.15, 0.2) is 35.7 Å². The second kappa shape index (κ2) is 9.37. The van der Waals surface area contributed by atoms with Crippen LogP contribution in [0, 0.1) is 0 Å². The first-order chi connectivity index (χ1) is 14.2. The summed E-state index contributed by atoms with van der Waals surface area (Å²) >= 11 is 1.59. The molecule has 2 aromatic rings. The Labute approximate surface area is 174 Å². The summed E-state index contributed by atoms with van der Waals surface area (Å²) in [7, 11) is 0. The van der Waals surface area contributed by atoms with Crippen LogP contribution in [-0.4, -0.2) is 66.1 Å². The van der Waals surface area contributed by atoms with Crippen LogP contribution in [0.3, 0.4) is 0 Å². The number of carbonyl (C=O) groups excluding carboxylic acids is 2. The first-order valence-corrected chi connectivity index (χ1v) is 11.0. The Balaban J connectivity index is 1.26. The van der Waals surface area contributed by atoms with Gasteiger partial charge in [-0.05, 0) is 31.5 Å². The minimum absolute atomic E-state index is 0.0428. The Kier molecular flexibility index (Phi) is 6.41. The van der Waals surface area contributed by atoms with Gasteiger partial charge in [0.25, 0.3) is 5.91 Å². The molecule has 1 aromatic carbocycles. The van der Waals surface area contributed by atoms with E-state index in [0.717, 1.165) is 36.5 Å². The number of hydrogen-bond donors (Lipinski definition) is 1. The van der Waals surface area contributed by atoms with Gasteiger partial charge in [0.2, 0.25) is 0 Å². The van der Waals surface area contributed by atoms with Crippen LogP contribution in [0.25, 0.3) is 0 Å². The number of amides is 2. The summed E-state index contributed by atoms with van der Waals surface area (Å²) in [5.41, 5.74) is 1.49. The van der Waals surface area contributed by atoms with Crippen molar-refractivity contribution in [2.45, 2.75) is 25.4 Å². The van der Waals surface area contributed by atoms with Crippen LogP contribution in [0.2, 0.25) is 0 Å². The number of piperazine rings is 1. The Bertz CT molecular complexity index is 827. The number of piperidine rings is 1. The number of benzene rings is 1. The number of ether oxygens (including phenoxy) is 1. The second-order valence-electron chi connectivity index (χ2n) is 7.41. The monoisotopic (exact) mass is 414 g/mol. The predicted molar refractivity (Wildman–Crippen MR) is 111 cm³/mol. The number of hydrogen-bond acceptors (Lipinski definition) is 6. The molecular weight excluding hydrogens is 388 g/mol. The number of nitrogens with zero attached hydrogens (tertiary/aromatic N) is 3. The van der Waals surface area contributed by atoms with Crippen molar-refractivity contribution in [2.75, 3.05) is 39.3 Å². The molecule has 0 radical (unpaired) electrons. The SMILES string of the molecule is O=C(OCc1ccccc1)N1CCN(C(=O)c2csc(C3CCNCC3)n2)CC1. The second-order valence-corrected chi connectivity index (χ2v) is 8.30. The molecule has 2 aliphatic heterocycles. The quantitative estimate of drug-likeness (QED) is 0.833. The van der Waals surface area contributed by atoms with Gasteiger partial charge >= 0.3 is 6.09 Å². The largest absolute Gasteiger partial charge is 0.445 e. The van der Waals surface area contributed by atoms with E-state index >= 15 is 0 Å². The van der Waals surface area contributed by atoms with Gasteiger partial charge in [-0.1, -0.05) is 30.3 Å². The van der Waals surface area contributed by atoms with E-state index in [9.17, 15) is 9.59 Å². The van der Waals surface area contributed by atoms with Gasteiger partial charge in [0, 0.05) is 37.5 Å². The molecule has 0 unspecified atom stereocenters. The van der Waals surface area contributed by atoms with Crippen molar-refractivity contribution in [3.63, 3.8) is 0 Å². The highest BCUT2D eigenvalue weighted by Gasteiger charge is 2.28. The Morgan fingerprint density at radius 2 is 1.76 bits per heavy atom. The fourth-order valence-electron chi connectivity index (χ4n) is 3.71. The van der Waals surface area contributed by atoms with Gasteiger partial charge in [0.05, 0.1) is 5.01 Å². The molecule has 0 saturated carbocycles. The molecule has 0 aliphatic carbocycles. The number of carbonyl (C=O) groups is 2. The van der Waals surface area contributed by atoms with Crippen molar-refractivity contribution in [1.29, 1.82) is 0 Å². The standard InChI is InChI=1S/C21H26N4O3S/c26-20(18-15-29-19(23-18)17-6-8-22-9-7-17)24-10-12-25(13-11-24)21(27)28-14-16-4-2-1-3-5-16/h1-5,15,17,22H,6-14H2.